The molecule has 18 nitrogen and oxygen atoms in total. The quantitative estimate of drug-likeness (QED) is 0.0389. The van der Waals surface area contributed by atoms with Crippen LogP contribution in [0.2, 0.25) is 0 Å². The second-order valence-corrected chi connectivity index (χ2v) is 19.6. The normalized spacial score (nSPS) is 11.4. The van der Waals surface area contributed by atoms with Gasteiger partial charge in [-0.3, -0.25) is 4.79 Å². The van der Waals surface area contributed by atoms with Gasteiger partial charge >= 0.3 is 12.1 Å². The van der Waals surface area contributed by atoms with Crippen LogP contribution in [0.5, 0.6) is 63.2 Å². The van der Waals surface area contributed by atoms with Crippen molar-refractivity contribution in [2.75, 3.05) is 42.7 Å². The van der Waals surface area contributed by atoms with Gasteiger partial charge in [0.05, 0.1) is 42.7 Å². The molecule has 0 saturated heterocycles. The van der Waals surface area contributed by atoms with Crippen molar-refractivity contribution in [3.05, 3.63) is 220 Å². The lowest BCUT2D eigenvalue weighted by atomic mass is 10.0. The maximum atomic E-state index is 13.2. The van der Waals surface area contributed by atoms with E-state index in [2.05, 4.69) is 10.6 Å². The summed E-state index contributed by atoms with van der Waals surface area (Å²) in [5, 5.41) is 5.11. The molecule has 0 spiro atoms. The molecule has 8 aromatic rings. The average Bonchev–Trinajstić information content (AvgIpc) is 3.36. The van der Waals surface area contributed by atoms with Crippen molar-refractivity contribution in [1.29, 1.82) is 0 Å². The molecular weight excluding hydrogens is 1100 g/mol. The average molecular weight is 1170 g/mol. The summed E-state index contributed by atoms with van der Waals surface area (Å²) in [6.07, 6.45) is -0.724. The highest BCUT2D eigenvalue weighted by Crippen LogP contribution is 2.34. The summed E-state index contributed by atoms with van der Waals surface area (Å²) in [6.45, 7) is 3.05. The van der Waals surface area contributed by atoms with Gasteiger partial charge in [-0.25, -0.2) is 9.59 Å². The molecule has 0 aliphatic rings. The van der Waals surface area contributed by atoms with Crippen molar-refractivity contribution in [2.24, 2.45) is 0 Å². The molecule has 0 aliphatic carbocycles. The van der Waals surface area contributed by atoms with Gasteiger partial charge in [-0.2, -0.15) is 0 Å². The summed E-state index contributed by atoms with van der Waals surface area (Å²) in [5.41, 5.74) is 6.85. The first-order valence-corrected chi connectivity index (χ1v) is 27.5. The summed E-state index contributed by atoms with van der Waals surface area (Å²) in [7, 11) is 8.93. The fourth-order valence-corrected chi connectivity index (χ4v) is 8.58. The minimum atomic E-state index is -1.06. The zero-order valence-corrected chi connectivity index (χ0v) is 49.1. The number of rotatable bonds is 31. The van der Waals surface area contributed by atoms with Crippen LogP contribution in [-0.2, 0) is 71.7 Å². The fourth-order valence-electron chi connectivity index (χ4n) is 8.58. The Morgan fingerprint density at radius 2 is 0.663 bits per heavy atom. The maximum absolute atomic E-state index is 13.2. The molecule has 8 rings (SSSR count). The Morgan fingerprint density at radius 1 is 0.326 bits per heavy atom. The van der Waals surface area contributed by atoms with E-state index in [1.165, 1.54) is 21.1 Å². The molecule has 86 heavy (non-hydrogen) atoms. The molecule has 2 unspecified atom stereocenters. The minimum Gasteiger partial charge on any atom is -0.497 e. The predicted octanol–water partition coefficient (Wildman–Crippen LogP) is 11.7. The van der Waals surface area contributed by atoms with E-state index in [0.29, 0.717) is 59.0 Å². The number of ether oxygens (including phenoxy) is 13. The third kappa shape index (κ3) is 18.6. The number of carbonyl (C=O) groups excluding carboxylic acids is 3. The Morgan fingerprint density at radius 3 is 1.05 bits per heavy atom. The molecule has 0 aromatic heterocycles. The lowest BCUT2D eigenvalue weighted by molar-refractivity contribution is -0.144. The SMILES string of the molecule is COC(=O)NC(Cc1ccc(OCc2cc(OCc3ccc(OCc4ccc(OC)cc4)c(OCc4ccc(OC)cc4)c3)cc(OCc3ccc(OCc4ccc(OC)cc4)c(OCc4ccc(OC)cc4)c3)c2)cc1)C(=O)NC(C)C(=O)OC. The zero-order chi connectivity index (χ0) is 60.6. The van der Waals surface area contributed by atoms with Crippen molar-refractivity contribution < 1.29 is 76.0 Å². The van der Waals surface area contributed by atoms with Crippen molar-refractivity contribution in [1.82, 2.24) is 10.6 Å². The highest BCUT2D eigenvalue weighted by atomic mass is 16.5. The molecule has 0 bridgehead atoms. The van der Waals surface area contributed by atoms with Crippen molar-refractivity contribution in [2.45, 2.75) is 71.7 Å². The van der Waals surface area contributed by atoms with Gasteiger partial charge in [-0.1, -0.05) is 72.8 Å². The molecular formula is C68H70N2O16. The molecule has 2 amide bonds. The molecule has 0 heterocycles. The van der Waals surface area contributed by atoms with E-state index in [4.69, 9.17) is 61.6 Å². The van der Waals surface area contributed by atoms with Crippen LogP contribution in [-0.4, -0.2) is 72.7 Å². The standard InChI is InChI=1S/C68H70N2O16/c1-45(67(72)78-6)69-66(71)61(70-68(73)79-7)34-46-8-28-58(29-9-46)80-44-53-32-59(81-42-51-18-30-62(83-38-47-10-20-54(74-2)21-11-47)64(35-51)85-40-49-14-24-56(76-4)25-15-49)37-60(33-53)82-43-52-19-31-63(84-39-48-12-22-55(75-3)23-13-48)65(36-52)86-41-50-16-26-57(77-5)27-17-50/h8-33,35-37,45,61H,34,38-44H2,1-7H3,(H,69,71)(H,70,73). The van der Waals surface area contributed by atoms with Crippen LogP contribution in [0.25, 0.3) is 0 Å². The maximum Gasteiger partial charge on any atom is 0.407 e. The second kappa shape index (κ2) is 31.4. The van der Waals surface area contributed by atoms with E-state index in [-0.39, 0.29) is 39.5 Å². The van der Waals surface area contributed by atoms with Gasteiger partial charge in [0.1, 0.15) is 98.6 Å². The van der Waals surface area contributed by atoms with Gasteiger partial charge in [-0.05, 0) is 148 Å². The molecule has 0 aliphatic heterocycles. The summed E-state index contributed by atoms with van der Waals surface area (Å²) in [5.74, 6) is 5.47. The van der Waals surface area contributed by atoms with Gasteiger partial charge in [0.25, 0.3) is 0 Å². The van der Waals surface area contributed by atoms with Crippen LogP contribution in [0, 0.1) is 0 Å². The van der Waals surface area contributed by atoms with Crippen LogP contribution in [0.3, 0.4) is 0 Å². The van der Waals surface area contributed by atoms with Gasteiger partial charge < -0.3 is 72.2 Å². The topological polar surface area (TPSA) is 195 Å². The van der Waals surface area contributed by atoms with Gasteiger partial charge in [-0.15, -0.1) is 0 Å². The number of benzene rings is 8. The van der Waals surface area contributed by atoms with Crippen LogP contribution in [0.1, 0.15) is 51.4 Å². The summed E-state index contributed by atoms with van der Waals surface area (Å²) >= 11 is 0. The molecule has 18 heteroatoms. The number of methoxy groups -OCH3 is 6. The number of hydrogen-bond donors (Lipinski definition) is 2. The predicted molar refractivity (Wildman–Crippen MR) is 321 cm³/mol. The zero-order valence-electron chi connectivity index (χ0n) is 49.1. The van der Waals surface area contributed by atoms with E-state index in [0.717, 1.165) is 61.9 Å². The van der Waals surface area contributed by atoms with E-state index >= 15 is 0 Å². The summed E-state index contributed by atoms with van der Waals surface area (Å²) in [4.78, 5) is 37.5. The lowest BCUT2D eigenvalue weighted by Gasteiger charge is -2.20. The number of hydrogen-bond acceptors (Lipinski definition) is 16. The first-order chi connectivity index (χ1) is 41.9. The number of carbonyl (C=O) groups is 3. The van der Waals surface area contributed by atoms with Gasteiger partial charge in [0.15, 0.2) is 23.0 Å². The van der Waals surface area contributed by atoms with Crippen LogP contribution >= 0.6 is 0 Å². The Kier molecular flexibility index (Phi) is 22.6. The van der Waals surface area contributed by atoms with Gasteiger partial charge in [0.2, 0.25) is 5.91 Å². The van der Waals surface area contributed by atoms with Crippen molar-refractivity contribution >= 4 is 18.0 Å². The molecule has 448 valence electrons. The molecule has 0 saturated carbocycles. The van der Waals surface area contributed by atoms with E-state index < -0.39 is 30.1 Å². The first kappa shape index (κ1) is 61.8. The van der Waals surface area contributed by atoms with E-state index in [1.54, 1.807) is 52.7 Å². The smallest absolute Gasteiger partial charge is 0.407 e. The van der Waals surface area contributed by atoms with Crippen LogP contribution in [0.4, 0.5) is 4.79 Å². The van der Waals surface area contributed by atoms with E-state index in [9.17, 15) is 14.4 Å². The van der Waals surface area contributed by atoms with Crippen LogP contribution in [0.15, 0.2) is 176 Å². The van der Waals surface area contributed by atoms with Crippen molar-refractivity contribution in [3.63, 3.8) is 0 Å². The Bertz CT molecular complexity index is 3280. The highest BCUT2D eigenvalue weighted by molar-refractivity contribution is 5.89. The third-order valence-electron chi connectivity index (χ3n) is 13.5. The Labute approximate surface area is 500 Å². The summed E-state index contributed by atoms with van der Waals surface area (Å²) < 4.78 is 75.9. The van der Waals surface area contributed by atoms with Gasteiger partial charge in [0, 0.05) is 12.5 Å². The molecule has 8 aromatic carbocycles. The number of amides is 2. The van der Waals surface area contributed by atoms with Crippen LogP contribution < -0.4 is 62.7 Å². The highest BCUT2D eigenvalue weighted by Gasteiger charge is 2.26. The second-order valence-electron chi connectivity index (χ2n) is 19.6. The number of alkyl carbamates (subject to hydrolysis) is 1. The van der Waals surface area contributed by atoms with E-state index in [1.807, 2.05) is 152 Å². The third-order valence-corrected chi connectivity index (χ3v) is 13.5. The lowest BCUT2D eigenvalue weighted by Crippen LogP contribution is -2.51. The number of esters is 1. The minimum absolute atomic E-state index is 0.0840. The first-order valence-electron chi connectivity index (χ1n) is 27.5. The van der Waals surface area contributed by atoms with Crippen molar-refractivity contribution in [3.8, 4) is 63.2 Å². The summed E-state index contributed by atoms with van der Waals surface area (Å²) in [6, 6.07) is 52.8. The monoisotopic (exact) mass is 1170 g/mol. The Balaban J connectivity index is 1.02. The molecule has 2 N–H and O–H groups in total. The number of nitrogens with one attached hydrogen (secondary N) is 2. The fraction of sp³-hybridized carbons (Fsp3) is 0.250. The largest absolute Gasteiger partial charge is 0.497 e. The Hall–Kier alpha value is -10.2. The molecule has 2 atom stereocenters. The molecule has 0 fully saturated rings. The molecule has 0 radical (unpaired) electrons.